The van der Waals surface area contributed by atoms with E-state index in [1.165, 1.54) is 12.0 Å². The third kappa shape index (κ3) is 1.73. The van der Waals surface area contributed by atoms with Gasteiger partial charge in [0.1, 0.15) is 11.4 Å². The van der Waals surface area contributed by atoms with Crippen LogP contribution in [0.25, 0.3) is 0 Å². The van der Waals surface area contributed by atoms with Gasteiger partial charge < -0.3 is 14.2 Å². The summed E-state index contributed by atoms with van der Waals surface area (Å²) in [6.07, 6.45) is 3.38. The molecule has 3 rings (SSSR count). The zero-order chi connectivity index (χ0) is 12.8. The Morgan fingerprint density at radius 3 is 2.56 bits per heavy atom. The number of methoxy groups -OCH3 is 1. The minimum Gasteiger partial charge on any atom is -0.497 e. The molecule has 2 bridgehead atoms. The van der Waals surface area contributed by atoms with Crippen molar-refractivity contribution in [3.05, 3.63) is 29.8 Å². The first kappa shape index (κ1) is 12.0. The van der Waals surface area contributed by atoms with Gasteiger partial charge in [-0.25, -0.2) is 0 Å². The predicted octanol–water partition coefficient (Wildman–Crippen LogP) is 3.23. The molecule has 18 heavy (non-hydrogen) atoms. The number of rotatable bonds is 2. The predicted molar refractivity (Wildman–Crippen MR) is 68.6 cm³/mol. The van der Waals surface area contributed by atoms with Crippen molar-refractivity contribution >= 4 is 0 Å². The number of benzene rings is 1. The lowest BCUT2D eigenvalue weighted by Gasteiger charge is -2.28. The molecule has 3 atom stereocenters. The summed E-state index contributed by atoms with van der Waals surface area (Å²) in [7, 11) is 1.68. The lowest BCUT2D eigenvalue weighted by molar-refractivity contribution is -0.189. The molecule has 0 saturated carbocycles. The van der Waals surface area contributed by atoms with E-state index < -0.39 is 5.79 Å². The Balaban J connectivity index is 1.94. The monoisotopic (exact) mass is 248 g/mol. The fourth-order valence-electron chi connectivity index (χ4n) is 3.17. The van der Waals surface area contributed by atoms with Gasteiger partial charge in [0.15, 0.2) is 5.79 Å². The van der Waals surface area contributed by atoms with Crippen molar-refractivity contribution in [3.8, 4) is 5.75 Å². The maximum atomic E-state index is 6.26. The zero-order valence-corrected chi connectivity index (χ0v) is 11.2. The molecule has 0 unspecified atom stereocenters. The van der Waals surface area contributed by atoms with E-state index in [1.54, 1.807) is 7.11 Å². The molecule has 3 heteroatoms. The van der Waals surface area contributed by atoms with Gasteiger partial charge in [-0.3, -0.25) is 0 Å². The highest BCUT2D eigenvalue weighted by Crippen LogP contribution is 2.50. The van der Waals surface area contributed by atoms with Crippen LogP contribution in [0.4, 0.5) is 0 Å². The molecule has 2 heterocycles. The van der Waals surface area contributed by atoms with Crippen molar-refractivity contribution < 1.29 is 14.2 Å². The largest absolute Gasteiger partial charge is 0.497 e. The van der Waals surface area contributed by atoms with Gasteiger partial charge in [0.05, 0.1) is 13.2 Å². The summed E-state index contributed by atoms with van der Waals surface area (Å²) < 4.78 is 17.5. The van der Waals surface area contributed by atoms with E-state index in [9.17, 15) is 0 Å². The van der Waals surface area contributed by atoms with Crippen molar-refractivity contribution in [1.82, 2.24) is 0 Å². The van der Waals surface area contributed by atoms with Crippen LogP contribution in [0.1, 0.15) is 38.7 Å². The molecule has 2 aliphatic heterocycles. The Morgan fingerprint density at radius 2 is 1.94 bits per heavy atom. The van der Waals surface area contributed by atoms with Gasteiger partial charge in [0.25, 0.3) is 0 Å². The van der Waals surface area contributed by atoms with Crippen molar-refractivity contribution in [2.45, 2.75) is 50.6 Å². The summed E-state index contributed by atoms with van der Waals surface area (Å²) >= 11 is 0. The molecule has 1 aromatic rings. The number of hydrogen-bond acceptors (Lipinski definition) is 3. The van der Waals surface area contributed by atoms with E-state index in [4.69, 9.17) is 14.2 Å². The SMILES string of the molecule is COc1ccc([C@@]2(C)O[C@]3(C)CCC[C@H]2O3)cc1. The minimum absolute atomic E-state index is 0.157. The fourth-order valence-corrected chi connectivity index (χ4v) is 3.17. The Kier molecular flexibility index (Phi) is 2.65. The lowest BCUT2D eigenvalue weighted by Crippen LogP contribution is -2.33. The second-order valence-electron chi connectivity index (χ2n) is 5.57. The Hall–Kier alpha value is -1.06. The highest BCUT2D eigenvalue weighted by molar-refractivity contribution is 5.32. The van der Waals surface area contributed by atoms with E-state index in [0.717, 1.165) is 18.6 Å². The molecule has 0 amide bonds. The second-order valence-corrected chi connectivity index (χ2v) is 5.57. The molecule has 1 aromatic carbocycles. The third-order valence-electron chi connectivity index (χ3n) is 4.19. The standard InChI is InChI=1S/C15H20O3/c1-14-10-4-5-13(17-14)15(2,18-14)11-6-8-12(16-3)9-7-11/h6-9,13H,4-5,10H2,1-3H3/t13-,14-,15-/m1/s1. The quantitative estimate of drug-likeness (QED) is 0.804. The summed E-state index contributed by atoms with van der Waals surface area (Å²) in [5.74, 6) is 0.466. The molecule has 0 spiro atoms. The highest BCUT2D eigenvalue weighted by Gasteiger charge is 2.55. The first-order valence-corrected chi connectivity index (χ1v) is 6.58. The molecule has 0 radical (unpaired) electrons. The van der Waals surface area contributed by atoms with E-state index in [1.807, 2.05) is 19.1 Å². The topological polar surface area (TPSA) is 27.7 Å². The molecule has 0 aromatic heterocycles. The maximum absolute atomic E-state index is 6.26. The Labute approximate surface area is 108 Å². The third-order valence-corrected chi connectivity index (χ3v) is 4.19. The minimum atomic E-state index is -0.405. The molecular formula is C15H20O3. The molecule has 2 saturated heterocycles. The van der Waals surface area contributed by atoms with Crippen LogP contribution in [0.5, 0.6) is 5.75 Å². The maximum Gasteiger partial charge on any atom is 0.167 e. The number of hydrogen-bond donors (Lipinski definition) is 0. The zero-order valence-electron chi connectivity index (χ0n) is 11.2. The van der Waals surface area contributed by atoms with Crippen LogP contribution in [-0.4, -0.2) is 19.0 Å². The summed E-state index contributed by atoms with van der Waals surface area (Å²) in [5.41, 5.74) is 0.830. The highest BCUT2D eigenvalue weighted by atomic mass is 16.8. The molecule has 2 aliphatic rings. The van der Waals surface area contributed by atoms with Crippen molar-refractivity contribution in [2.24, 2.45) is 0 Å². The normalized spacial score (nSPS) is 38.7. The molecule has 0 aliphatic carbocycles. The van der Waals surface area contributed by atoms with Crippen molar-refractivity contribution in [1.29, 1.82) is 0 Å². The van der Waals surface area contributed by atoms with Crippen LogP contribution in [0.15, 0.2) is 24.3 Å². The van der Waals surface area contributed by atoms with Crippen LogP contribution < -0.4 is 4.74 Å². The van der Waals surface area contributed by atoms with E-state index >= 15 is 0 Å². The molecule has 98 valence electrons. The van der Waals surface area contributed by atoms with E-state index in [2.05, 4.69) is 19.1 Å². The molecule has 2 fully saturated rings. The van der Waals surface area contributed by atoms with Gasteiger partial charge in [0.2, 0.25) is 0 Å². The van der Waals surface area contributed by atoms with Gasteiger partial charge in [-0.05, 0) is 44.4 Å². The van der Waals surface area contributed by atoms with Crippen LogP contribution in [0.3, 0.4) is 0 Å². The van der Waals surface area contributed by atoms with E-state index in [0.29, 0.717) is 0 Å². The van der Waals surface area contributed by atoms with Gasteiger partial charge in [-0.1, -0.05) is 12.1 Å². The molecule has 0 N–H and O–H groups in total. The van der Waals surface area contributed by atoms with Crippen LogP contribution in [-0.2, 0) is 15.1 Å². The first-order valence-electron chi connectivity index (χ1n) is 6.58. The van der Waals surface area contributed by atoms with E-state index in [-0.39, 0.29) is 11.7 Å². The van der Waals surface area contributed by atoms with Crippen LogP contribution >= 0.6 is 0 Å². The van der Waals surface area contributed by atoms with Gasteiger partial charge >= 0.3 is 0 Å². The van der Waals surface area contributed by atoms with Crippen LogP contribution in [0, 0.1) is 0 Å². The lowest BCUT2D eigenvalue weighted by atomic mass is 9.87. The molecular weight excluding hydrogens is 228 g/mol. The fraction of sp³-hybridized carbons (Fsp3) is 0.600. The Bertz CT molecular complexity index is 442. The summed E-state index contributed by atoms with van der Waals surface area (Å²) in [6.45, 7) is 4.18. The number of fused-ring (bicyclic) bond motifs is 2. The summed E-state index contributed by atoms with van der Waals surface area (Å²) in [4.78, 5) is 0. The van der Waals surface area contributed by atoms with Gasteiger partial charge in [0, 0.05) is 6.42 Å². The van der Waals surface area contributed by atoms with Gasteiger partial charge in [-0.2, -0.15) is 0 Å². The van der Waals surface area contributed by atoms with Crippen LogP contribution in [0.2, 0.25) is 0 Å². The number of ether oxygens (including phenoxy) is 3. The second kappa shape index (κ2) is 3.97. The first-order chi connectivity index (χ1) is 8.56. The smallest absolute Gasteiger partial charge is 0.167 e. The van der Waals surface area contributed by atoms with Gasteiger partial charge in [-0.15, -0.1) is 0 Å². The average molecular weight is 248 g/mol. The van der Waals surface area contributed by atoms with Crippen molar-refractivity contribution in [2.75, 3.05) is 7.11 Å². The molecule has 3 nitrogen and oxygen atoms in total. The summed E-state index contributed by atoms with van der Waals surface area (Å²) in [5, 5.41) is 0. The Morgan fingerprint density at radius 1 is 1.22 bits per heavy atom. The average Bonchev–Trinajstić information content (AvgIpc) is 2.56. The van der Waals surface area contributed by atoms with Crippen molar-refractivity contribution in [3.63, 3.8) is 0 Å². The summed E-state index contributed by atoms with van der Waals surface area (Å²) in [6, 6.07) is 8.11.